The highest BCUT2D eigenvalue weighted by Crippen LogP contribution is 2.12. The van der Waals surface area contributed by atoms with Gasteiger partial charge in [0, 0.05) is 11.1 Å². The summed E-state index contributed by atoms with van der Waals surface area (Å²) < 4.78 is 4.51. The zero-order chi connectivity index (χ0) is 11.3. The summed E-state index contributed by atoms with van der Waals surface area (Å²) in [5.41, 5.74) is 1.09. The van der Waals surface area contributed by atoms with Crippen LogP contribution >= 0.6 is 11.6 Å². The van der Waals surface area contributed by atoms with Gasteiger partial charge < -0.3 is 10.1 Å². The second-order valence-corrected chi connectivity index (χ2v) is 3.81. The number of hydrogen-bond acceptors (Lipinski definition) is 2. The van der Waals surface area contributed by atoms with Crippen LogP contribution in [0.4, 0.5) is 4.79 Å². The Hall–Kier alpha value is -1.22. The third-order valence-electron chi connectivity index (χ3n) is 1.98. The first kappa shape index (κ1) is 11.9. The molecule has 4 heteroatoms. The Balaban J connectivity index is 2.51. The van der Waals surface area contributed by atoms with Crippen molar-refractivity contribution in [3.63, 3.8) is 0 Å². The van der Waals surface area contributed by atoms with Crippen LogP contribution in [0.2, 0.25) is 5.02 Å². The molecule has 0 aliphatic carbocycles. The maximum atomic E-state index is 10.9. The number of alkyl carbamates (subject to hydrolysis) is 1. The van der Waals surface area contributed by atoms with Crippen molar-refractivity contribution in [3.8, 4) is 0 Å². The van der Waals surface area contributed by atoms with E-state index in [0.29, 0.717) is 5.02 Å². The molecule has 15 heavy (non-hydrogen) atoms. The van der Waals surface area contributed by atoms with Gasteiger partial charge in [0.25, 0.3) is 0 Å². The Kier molecular flexibility index (Phi) is 4.43. The molecule has 82 valence electrons. The van der Waals surface area contributed by atoms with E-state index in [2.05, 4.69) is 10.1 Å². The van der Waals surface area contributed by atoms with Crippen molar-refractivity contribution in [1.82, 2.24) is 5.32 Å². The summed E-state index contributed by atoms with van der Waals surface area (Å²) in [6, 6.07) is 7.60. The second kappa shape index (κ2) is 5.61. The molecule has 0 heterocycles. The molecule has 1 rings (SSSR count). The molecule has 1 aromatic carbocycles. The van der Waals surface area contributed by atoms with Crippen LogP contribution in [-0.4, -0.2) is 19.2 Å². The average Bonchev–Trinajstić information content (AvgIpc) is 2.17. The van der Waals surface area contributed by atoms with Crippen molar-refractivity contribution in [2.75, 3.05) is 7.11 Å². The van der Waals surface area contributed by atoms with E-state index in [1.54, 1.807) is 0 Å². The largest absolute Gasteiger partial charge is 0.453 e. The fourth-order valence-corrected chi connectivity index (χ4v) is 1.54. The first-order valence-corrected chi connectivity index (χ1v) is 5.08. The van der Waals surface area contributed by atoms with E-state index in [9.17, 15) is 4.79 Å². The molecule has 1 atom stereocenters. The summed E-state index contributed by atoms with van der Waals surface area (Å²) in [6.45, 7) is 1.91. The number of rotatable bonds is 3. The Morgan fingerprint density at radius 3 is 2.93 bits per heavy atom. The molecule has 1 N–H and O–H groups in total. The van der Waals surface area contributed by atoms with E-state index in [1.807, 2.05) is 31.2 Å². The van der Waals surface area contributed by atoms with Gasteiger partial charge in [-0.25, -0.2) is 4.79 Å². The molecule has 0 fully saturated rings. The van der Waals surface area contributed by atoms with Crippen LogP contribution in [-0.2, 0) is 11.2 Å². The van der Waals surface area contributed by atoms with Crippen molar-refractivity contribution >= 4 is 17.7 Å². The van der Waals surface area contributed by atoms with Crippen LogP contribution < -0.4 is 5.32 Å². The Morgan fingerprint density at radius 1 is 1.60 bits per heavy atom. The average molecular weight is 228 g/mol. The topological polar surface area (TPSA) is 38.3 Å². The van der Waals surface area contributed by atoms with Crippen molar-refractivity contribution in [1.29, 1.82) is 0 Å². The maximum absolute atomic E-state index is 10.9. The van der Waals surface area contributed by atoms with Crippen LogP contribution in [0.15, 0.2) is 24.3 Å². The van der Waals surface area contributed by atoms with E-state index in [4.69, 9.17) is 11.6 Å². The number of carbonyl (C=O) groups is 1. The quantitative estimate of drug-likeness (QED) is 0.862. The number of ether oxygens (including phenoxy) is 1. The Bertz CT molecular complexity index is 341. The number of nitrogens with one attached hydrogen (secondary N) is 1. The first-order valence-electron chi connectivity index (χ1n) is 4.70. The smallest absolute Gasteiger partial charge is 0.407 e. The molecular formula is C11H14ClNO2. The molecule has 0 aromatic heterocycles. The molecule has 0 bridgehead atoms. The number of hydrogen-bond donors (Lipinski definition) is 1. The lowest BCUT2D eigenvalue weighted by molar-refractivity contribution is 0.167. The van der Waals surface area contributed by atoms with Gasteiger partial charge in [0.05, 0.1) is 7.11 Å². The van der Waals surface area contributed by atoms with Crippen molar-refractivity contribution in [2.45, 2.75) is 19.4 Å². The number of amides is 1. The monoisotopic (exact) mass is 227 g/mol. The van der Waals surface area contributed by atoms with Gasteiger partial charge in [0.1, 0.15) is 0 Å². The summed E-state index contributed by atoms with van der Waals surface area (Å²) in [6.07, 6.45) is 0.319. The molecule has 1 unspecified atom stereocenters. The highest BCUT2D eigenvalue weighted by molar-refractivity contribution is 6.30. The molecule has 0 saturated heterocycles. The molecule has 0 radical (unpaired) electrons. The maximum Gasteiger partial charge on any atom is 0.407 e. The third-order valence-corrected chi connectivity index (χ3v) is 2.22. The van der Waals surface area contributed by atoms with Gasteiger partial charge in [0.15, 0.2) is 0 Å². The first-order chi connectivity index (χ1) is 7.11. The fourth-order valence-electron chi connectivity index (χ4n) is 1.33. The van der Waals surface area contributed by atoms with Gasteiger partial charge >= 0.3 is 6.09 Å². The minimum atomic E-state index is -0.412. The fraction of sp³-hybridized carbons (Fsp3) is 0.364. The number of benzene rings is 1. The highest BCUT2D eigenvalue weighted by Gasteiger charge is 2.07. The summed E-state index contributed by atoms with van der Waals surface area (Å²) in [5.74, 6) is 0. The third kappa shape index (κ3) is 4.21. The lowest BCUT2D eigenvalue weighted by atomic mass is 10.1. The minimum Gasteiger partial charge on any atom is -0.453 e. The van der Waals surface area contributed by atoms with E-state index in [0.717, 1.165) is 12.0 Å². The Labute approximate surface area is 94.4 Å². The van der Waals surface area contributed by atoms with Gasteiger partial charge in [-0.1, -0.05) is 23.7 Å². The zero-order valence-electron chi connectivity index (χ0n) is 8.79. The molecular weight excluding hydrogens is 214 g/mol. The lowest BCUT2D eigenvalue weighted by Crippen LogP contribution is -2.33. The molecule has 0 aliphatic rings. The van der Waals surface area contributed by atoms with Gasteiger partial charge in [-0.05, 0) is 31.0 Å². The molecule has 1 aromatic rings. The minimum absolute atomic E-state index is 0.0240. The zero-order valence-corrected chi connectivity index (χ0v) is 9.54. The molecule has 0 spiro atoms. The van der Waals surface area contributed by atoms with E-state index in [1.165, 1.54) is 7.11 Å². The molecule has 3 nitrogen and oxygen atoms in total. The predicted octanol–water partition coefficient (Wildman–Crippen LogP) is 2.63. The SMILES string of the molecule is COC(=O)NC(C)Cc1cccc(Cl)c1. The molecule has 0 aliphatic heterocycles. The van der Waals surface area contributed by atoms with Crippen LogP contribution in [0.3, 0.4) is 0 Å². The van der Waals surface area contributed by atoms with Crippen molar-refractivity contribution < 1.29 is 9.53 Å². The summed E-state index contributed by atoms with van der Waals surface area (Å²) in [5, 5.41) is 3.40. The predicted molar refractivity (Wildman–Crippen MR) is 60.2 cm³/mol. The molecule has 1 amide bonds. The van der Waals surface area contributed by atoms with E-state index >= 15 is 0 Å². The highest BCUT2D eigenvalue weighted by atomic mass is 35.5. The van der Waals surface area contributed by atoms with Crippen LogP contribution in [0.1, 0.15) is 12.5 Å². The Morgan fingerprint density at radius 2 is 2.33 bits per heavy atom. The summed E-state index contributed by atoms with van der Waals surface area (Å²) in [7, 11) is 1.35. The number of methoxy groups -OCH3 is 1. The van der Waals surface area contributed by atoms with E-state index < -0.39 is 6.09 Å². The standard InChI is InChI=1S/C11H14ClNO2/c1-8(13-11(14)15-2)6-9-4-3-5-10(12)7-9/h3-5,7-8H,6H2,1-2H3,(H,13,14). The van der Waals surface area contributed by atoms with Gasteiger partial charge in [-0.15, -0.1) is 0 Å². The van der Waals surface area contributed by atoms with Crippen molar-refractivity contribution in [3.05, 3.63) is 34.9 Å². The van der Waals surface area contributed by atoms with Crippen LogP contribution in [0.25, 0.3) is 0 Å². The summed E-state index contributed by atoms with van der Waals surface area (Å²) >= 11 is 5.85. The summed E-state index contributed by atoms with van der Waals surface area (Å²) in [4.78, 5) is 10.9. The number of carbonyl (C=O) groups excluding carboxylic acids is 1. The van der Waals surface area contributed by atoms with Crippen LogP contribution in [0, 0.1) is 0 Å². The number of halogens is 1. The lowest BCUT2D eigenvalue weighted by Gasteiger charge is -2.12. The van der Waals surface area contributed by atoms with E-state index in [-0.39, 0.29) is 6.04 Å². The van der Waals surface area contributed by atoms with Gasteiger partial charge in [0.2, 0.25) is 0 Å². The van der Waals surface area contributed by atoms with Crippen LogP contribution in [0.5, 0.6) is 0 Å². The normalized spacial score (nSPS) is 11.9. The van der Waals surface area contributed by atoms with Gasteiger partial charge in [-0.2, -0.15) is 0 Å². The van der Waals surface area contributed by atoms with Crippen molar-refractivity contribution in [2.24, 2.45) is 0 Å². The second-order valence-electron chi connectivity index (χ2n) is 3.37. The molecule has 0 saturated carbocycles. The van der Waals surface area contributed by atoms with Gasteiger partial charge in [-0.3, -0.25) is 0 Å².